The molecule has 1 heterocycles. The lowest BCUT2D eigenvalue weighted by Gasteiger charge is -2.02. The number of thioether (sulfide) groups is 1. The summed E-state index contributed by atoms with van der Waals surface area (Å²) < 4.78 is 6.24. The Labute approximate surface area is 92.6 Å². The van der Waals surface area contributed by atoms with E-state index >= 15 is 0 Å². The summed E-state index contributed by atoms with van der Waals surface area (Å²) in [6.45, 7) is 0. The van der Waals surface area contributed by atoms with Crippen molar-refractivity contribution in [3.8, 4) is 0 Å². The summed E-state index contributed by atoms with van der Waals surface area (Å²) in [5.74, 6) is 0.232. The van der Waals surface area contributed by atoms with E-state index in [9.17, 15) is 9.59 Å². The van der Waals surface area contributed by atoms with Gasteiger partial charge in [-0.1, -0.05) is 0 Å². The highest BCUT2D eigenvalue weighted by Crippen LogP contribution is 2.07. The van der Waals surface area contributed by atoms with Crippen LogP contribution in [0.3, 0.4) is 0 Å². The van der Waals surface area contributed by atoms with E-state index in [4.69, 9.17) is 0 Å². The SMILES string of the molecule is COC(=O)CSCC(=O)c1cccn1C. The molecule has 5 heteroatoms. The van der Waals surface area contributed by atoms with Crippen LogP contribution >= 0.6 is 11.8 Å². The number of Topliss-reactive ketones (excluding diaryl/α,β-unsaturated/α-hetero) is 1. The number of rotatable bonds is 5. The average molecular weight is 227 g/mol. The maximum Gasteiger partial charge on any atom is 0.315 e. The largest absolute Gasteiger partial charge is 0.468 e. The van der Waals surface area contributed by atoms with Crippen molar-refractivity contribution in [3.05, 3.63) is 24.0 Å². The highest BCUT2D eigenvalue weighted by atomic mass is 32.2. The number of aromatic nitrogens is 1. The topological polar surface area (TPSA) is 48.3 Å². The zero-order valence-corrected chi connectivity index (χ0v) is 9.54. The van der Waals surface area contributed by atoms with Crippen molar-refractivity contribution in [2.75, 3.05) is 18.6 Å². The van der Waals surface area contributed by atoms with Crippen LogP contribution in [0, 0.1) is 0 Å². The minimum atomic E-state index is -0.306. The second kappa shape index (κ2) is 5.60. The van der Waals surface area contributed by atoms with E-state index in [0.717, 1.165) is 0 Å². The van der Waals surface area contributed by atoms with Gasteiger partial charge in [-0.2, -0.15) is 0 Å². The molecule has 0 bridgehead atoms. The van der Waals surface area contributed by atoms with Gasteiger partial charge in [-0.25, -0.2) is 0 Å². The maximum absolute atomic E-state index is 11.6. The Hall–Kier alpha value is -1.23. The van der Waals surface area contributed by atoms with Gasteiger partial charge in [0.1, 0.15) is 0 Å². The van der Waals surface area contributed by atoms with Gasteiger partial charge in [-0.15, -0.1) is 11.8 Å². The first kappa shape index (κ1) is 11.8. The van der Waals surface area contributed by atoms with Crippen LogP contribution in [0.1, 0.15) is 10.5 Å². The molecule has 0 N–H and O–H groups in total. The summed E-state index contributed by atoms with van der Waals surface area (Å²) in [7, 11) is 3.15. The Morgan fingerprint density at radius 3 is 2.73 bits per heavy atom. The van der Waals surface area contributed by atoms with Gasteiger partial charge >= 0.3 is 5.97 Å². The zero-order chi connectivity index (χ0) is 11.3. The Morgan fingerprint density at radius 1 is 1.47 bits per heavy atom. The van der Waals surface area contributed by atoms with E-state index in [1.807, 2.05) is 19.3 Å². The summed E-state index contributed by atoms with van der Waals surface area (Å²) in [6, 6.07) is 3.58. The number of methoxy groups -OCH3 is 1. The number of carbonyl (C=O) groups is 2. The molecule has 4 nitrogen and oxygen atoms in total. The standard InChI is InChI=1S/C10H13NO3S/c1-11-5-3-4-8(11)9(12)6-15-7-10(13)14-2/h3-5H,6-7H2,1-2H3. The Morgan fingerprint density at radius 2 is 2.20 bits per heavy atom. The molecule has 0 aliphatic heterocycles. The molecule has 15 heavy (non-hydrogen) atoms. The van der Waals surface area contributed by atoms with Crippen LogP contribution in [0.25, 0.3) is 0 Å². The molecule has 0 fully saturated rings. The third-order valence-electron chi connectivity index (χ3n) is 1.91. The van der Waals surface area contributed by atoms with Crippen LogP contribution in [0.4, 0.5) is 0 Å². The lowest BCUT2D eigenvalue weighted by molar-refractivity contribution is -0.137. The van der Waals surface area contributed by atoms with Gasteiger partial charge in [0.15, 0.2) is 5.78 Å². The fraction of sp³-hybridized carbons (Fsp3) is 0.400. The van der Waals surface area contributed by atoms with Gasteiger partial charge in [0.25, 0.3) is 0 Å². The molecule has 82 valence electrons. The highest BCUT2D eigenvalue weighted by Gasteiger charge is 2.10. The zero-order valence-electron chi connectivity index (χ0n) is 8.73. The predicted octanol–water partition coefficient (Wildman–Crippen LogP) is 1.11. The third-order valence-corrected chi connectivity index (χ3v) is 2.82. The summed E-state index contributed by atoms with van der Waals surface area (Å²) in [6.07, 6.45) is 1.82. The lowest BCUT2D eigenvalue weighted by atomic mass is 10.3. The number of carbonyl (C=O) groups excluding carboxylic acids is 2. The quantitative estimate of drug-likeness (QED) is 0.558. The first-order valence-corrected chi connectivity index (χ1v) is 5.59. The van der Waals surface area contributed by atoms with Crippen LogP contribution in [0.15, 0.2) is 18.3 Å². The van der Waals surface area contributed by atoms with Gasteiger partial charge in [-0.3, -0.25) is 9.59 Å². The number of hydrogen-bond donors (Lipinski definition) is 0. The smallest absolute Gasteiger partial charge is 0.315 e. The first-order valence-electron chi connectivity index (χ1n) is 4.44. The fourth-order valence-corrected chi connectivity index (χ4v) is 1.83. The minimum absolute atomic E-state index is 0.0244. The Balaban J connectivity index is 2.38. The van der Waals surface area contributed by atoms with Crippen LogP contribution in [0.5, 0.6) is 0 Å². The summed E-state index contributed by atoms with van der Waals surface area (Å²) >= 11 is 1.26. The number of nitrogens with zero attached hydrogens (tertiary/aromatic N) is 1. The highest BCUT2D eigenvalue weighted by molar-refractivity contribution is 8.00. The third kappa shape index (κ3) is 3.43. The van der Waals surface area contributed by atoms with E-state index in [2.05, 4.69) is 4.74 Å². The van der Waals surface area contributed by atoms with Gasteiger partial charge in [-0.05, 0) is 12.1 Å². The van der Waals surface area contributed by atoms with Crippen LogP contribution in [-0.2, 0) is 16.6 Å². The molecule has 0 saturated carbocycles. The molecule has 0 amide bonds. The summed E-state index contributed by atoms with van der Waals surface area (Å²) in [5, 5.41) is 0. The van der Waals surface area contributed by atoms with Crippen molar-refractivity contribution >= 4 is 23.5 Å². The summed E-state index contributed by atoms with van der Waals surface area (Å²) in [5.41, 5.74) is 0.660. The predicted molar refractivity (Wildman–Crippen MR) is 59.1 cm³/mol. The van der Waals surface area contributed by atoms with Crippen molar-refractivity contribution in [1.29, 1.82) is 0 Å². The van der Waals surface area contributed by atoms with Crippen molar-refractivity contribution < 1.29 is 14.3 Å². The fourth-order valence-electron chi connectivity index (χ4n) is 1.11. The number of ether oxygens (including phenoxy) is 1. The summed E-state index contributed by atoms with van der Waals surface area (Å²) in [4.78, 5) is 22.4. The lowest BCUT2D eigenvalue weighted by Crippen LogP contribution is -2.10. The van der Waals surface area contributed by atoms with Crippen molar-refractivity contribution in [3.63, 3.8) is 0 Å². The molecule has 0 radical (unpaired) electrons. The molecule has 0 saturated heterocycles. The monoisotopic (exact) mass is 227 g/mol. The molecule has 0 aliphatic rings. The van der Waals surface area contributed by atoms with E-state index < -0.39 is 0 Å². The second-order valence-electron chi connectivity index (χ2n) is 3.00. The molecule has 1 aromatic heterocycles. The van der Waals surface area contributed by atoms with Gasteiger partial charge in [0, 0.05) is 13.2 Å². The average Bonchev–Trinajstić information content (AvgIpc) is 2.64. The number of esters is 1. The molecule has 0 aromatic carbocycles. The van der Waals surface area contributed by atoms with Crippen LogP contribution < -0.4 is 0 Å². The van der Waals surface area contributed by atoms with Crippen molar-refractivity contribution in [2.24, 2.45) is 7.05 Å². The second-order valence-corrected chi connectivity index (χ2v) is 3.98. The van der Waals surface area contributed by atoms with Crippen LogP contribution in [0.2, 0.25) is 0 Å². The minimum Gasteiger partial charge on any atom is -0.468 e. The normalized spacial score (nSPS) is 10.0. The molecule has 0 aliphatic carbocycles. The molecule has 0 atom stereocenters. The molecule has 1 aromatic rings. The molecule has 1 rings (SSSR count). The molecule has 0 spiro atoms. The van der Waals surface area contributed by atoms with Gasteiger partial charge < -0.3 is 9.30 Å². The van der Waals surface area contributed by atoms with Crippen molar-refractivity contribution in [1.82, 2.24) is 4.57 Å². The number of ketones is 1. The van der Waals surface area contributed by atoms with Crippen LogP contribution in [-0.4, -0.2) is 34.9 Å². The first-order chi connectivity index (χ1) is 7.15. The molecular weight excluding hydrogens is 214 g/mol. The van der Waals surface area contributed by atoms with Crippen molar-refractivity contribution in [2.45, 2.75) is 0 Å². The van der Waals surface area contributed by atoms with E-state index in [0.29, 0.717) is 11.4 Å². The Kier molecular flexibility index (Phi) is 4.42. The maximum atomic E-state index is 11.6. The van der Waals surface area contributed by atoms with E-state index in [1.165, 1.54) is 18.9 Å². The Bertz CT molecular complexity index is 359. The number of aryl methyl sites for hydroxylation is 1. The van der Waals surface area contributed by atoms with E-state index in [1.54, 1.807) is 10.6 Å². The molecular formula is C10H13NO3S. The molecule has 0 unspecified atom stereocenters. The van der Waals surface area contributed by atoms with Gasteiger partial charge in [0.2, 0.25) is 0 Å². The number of hydrogen-bond acceptors (Lipinski definition) is 4. The van der Waals surface area contributed by atoms with E-state index in [-0.39, 0.29) is 17.5 Å². The van der Waals surface area contributed by atoms with Gasteiger partial charge in [0.05, 0.1) is 24.3 Å².